The quantitative estimate of drug-likeness (QED) is 0.445. The largest absolute Gasteiger partial charge is 0.390 e. The lowest BCUT2D eigenvalue weighted by Crippen LogP contribution is -2.05. The van der Waals surface area contributed by atoms with Gasteiger partial charge < -0.3 is 9.84 Å². The third-order valence-electron chi connectivity index (χ3n) is 4.30. The fourth-order valence-electron chi connectivity index (χ4n) is 2.93. The van der Waals surface area contributed by atoms with Crippen LogP contribution in [0.15, 0.2) is 52.4 Å². The van der Waals surface area contributed by atoms with Gasteiger partial charge >= 0.3 is 0 Å². The van der Waals surface area contributed by atoms with Crippen LogP contribution in [0.2, 0.25) is 10.0 Å². The summed E-state index contributed by atoms with van der Waals surface area (Å²) in [4.78, 5) is 0.877. The van der Waals surface area contributed by atoms with Gasteiger partial charge in [0.15, 0.2) is 0 Å². The molecule has 0 fully saturated rings. The van der Waals surface area contributed by atoms with E-state index in [2.05, 4.69) is 11.2 Å². The van der Waals surface area contributed by atoms with Gasteiger partial charge in [0.05, 0.1) is 37.1 Å². The molecular weight excluding hydrogens is 441 g/mol. The first-order valence-corrected chi connectivity index (χ1v) is 10.9. The molecule has 3 aromatic rings. The van der Waals surface area contributed by atoms with Gasteiger partial charge in [0.2, 0.25) is 0 Å². The van der Waals surface area contributed by atoms with Gasteiger partial charge in [-0.05, 0) is 49.7 Å². The number of aliphatic hydroxyl groups is 1. The minimum Gasteiger partial charge on any atom is -0.390 e. The zero-order chi connectivity index (χ0) is 21.7. The van der Waals surface area contributed by atoms with Crippen molar-refractivity contribution in [2.75, 3.05) is 0 Å². The molecule has 0 aliphatic heterocycles. The van der Waals surface area contributed by atoms with Gasteiger partial charge in [-0.3, -0.25) is 4.68 Å². The Morgan fingerprint density at radius 3 is 2.53 bits per heavy atom. The number of aliphatic hydroxyl groups excluding tert-OH is 1. The number of hydrogen-bond donors (Lipinski definition) is 1. The molecule has 0 saturated carbocycles. The minimum atomic E-state index is -0.188. The van der Waals surface area contributed by atoms with E-state index >= 15 is 0 Å². The minimum absolute atomic E-state index is 0.0912. The van der Waals surface area contributed by atoms with E-state index in [4.69, 9.17) is 33.2 Å². The van der Waals surface area contributed by atoms with Gasteiger partial charge in [-0.2, -0.15) is 10.4 Å². The summed E-state index contributed by atoms with van der Waals surface area (Å²) in [6.45, 7) is 4.49. The zero-order valence-electron chi connectivity index (χ0n) is 16.6. The molecule has 1 heterocycles. The van der Waals surface area contributed by atoms with Gasteiger partial charge in [0, 0.05) is 26.5 Å². The van der Waals surface area contributed by atoms with E-state index in [-0.39, 0.29) is 19.3 Å². The molecule has 0 radical (unpaired) electrons. The Hall–Kier alpha value is -2.01. The number of ether oxygens (including phenoxy) is 1. The molecule has 30 heavy (non-hydrogen) atoms. The van der Waals surface area contributed by atoms with E-state index in [9.17, 15) is 5.11 Å². The highest BCUT2D eigenvalue weighted by Gasteiger charge is 2.21. The standard InChI is InChI=1S/C22H21Cl2N3O2S/c1-14(2)27-22(30-19-8-17(23)7-18(24)9-19)20(21(11-28)26-27)13-29-12-16-5-3-4-15(6-16)10-25/h3-9,14,28H,11-13H2,1-2H3. The van der Waals surface area contributed by atoms with Crippen molar-refractivity contribution >= 4 is 35.0 Å². The molecule has 2 aromatic carbocycles. The second-order valence-electron chi connectivity index (χ2n) is 6.94. The first-order chi connectivity index (χ1) is 14.4. The third-order valence-corrected chi connectivity index (χ3v) is 5.84. The van der Waals surface area contributed by atoms with Crippen LogP contribution in [-0.4, -0.2) is 14.9 Å². The molecule has 3 rings (SSSR count). The number of aromatic nitrogens is 2. The van der Waals surface area contributed by atoms with Crippen LogP contribution in [0.3, 0.4) is 0 Å². The monoisotopic (exact) mass is 461 g/mol. The molecule has 0 bridgehead atoms. The van der Waals surface area contributed by atoms with Crippen LogP contribution >= 0.6 is 35.0 Å². The van der Waals surface area contributed by atoms with Crippen molar-refractivity contribution < 1.29 is 9.84 Å². The number of nitriles is 1. The topological polar surface area (TPSA) is 71.1 Å². The van der Waals surface area contributed by atoms with Gasteiger partial charge in [-0.1, -0.05) is 47.1 Å². The second kappa shape index (κ2) is 10.3. The molecule has 0 aliphatic carbocycles. The first-order valence-electron chi connectivity index (χ1n) is 9.33. The van der Waals surface area contributed by atoms with Crippen molar-refractivity contribution in [3.8, 4) is 6.07 Å². The van der Waals surface area contributed by atoms with Gasteiger partial charge in [0.1, 0.15) is 5.03 Å². The highest BCUT2D eigenvalue weighted by molar-refractivity contribution is 7.99. The number of hydrogen-bond acceptors (Lipinski definition) is 5. The van der Waals surface area contributed by atoms with Crippen molar-refractivity contribution in [3.05, 3.63) is 74.9 Å². The van der Waals surface area contributed by atoms with E-state index in [0.717, 1.165) is 21.0 Å². The van der Waals surface area contributed by atoms with Crippen LogP contribution in [0.25, 0.3) is 0 Å². The predicted octanol–water partition coefficient (Wildman–Crippen LogP) is 6.00. The average molecular weight is 462 g/mol. The van der Waals surface area contributed by atoms with Crippen molar-refractivity contribution in [3.63, 3.8) is 0 Å². The highest BCUT2D eigenvalue weighted by Crippen LogP contribution is 2.37. The lowest BCUT2D eigenvalue weighted by atomic mass is 10.1. The Morgan fingerprint density at radius 1 is 1.17 bits per heavy atom. The molecule has 0 aliphatic rings. The smallest absolute Gasteiger partial charge is 0.105 e. The predicted molar refractivity (Wildman–Crippen MR) is 119 cm³/mol. The van der Waals surface area contributed by atoms with Crippen LogP contribution in [0.1, 0.15) is 42.3 Å². The molecule has 0 atom stereocenters. The molecule has 0 saturated heterocycles. The van der Waals surface area contributed by atoms with E-state index < -0.39 is 0 Å². The van der Waals surface area contributed by atoms with E-state index in [0.29, 0.717) is 27.9 Å². The summed E-state index contributed by atoms with van der Waals surface area (Å²) in [7, 11) is 0. The highest BCUT2D eigenvalue weighted by atomic mass is 35.5. The van der Waals surface area contributed by atoms with Crippen LogP contribution in [0.5, 0.6) is 0 Å². The fourth-order valence-corrected chi connectivity index (χ4v) is 4.82. The van der Waals surface area contributed by atoms with Crippen LogP contribution in [0.4, 0.5) is 0 Å². The third kappa shape index (κ3) is 5.57. The summed E-state index contributed by atoms with van der Waals surface area (Å²) in [5.41, 5.74) is 2.90. The summed E-state index contributed by atoms with van der Waals surface area (Å²) in [5.74, 6) is 0. The van der Waals surface area contributed by atoms with Gasteiger partial charge in [-0.25, -0.2) is 0 Å². The van der Waals surface area contributed by atoms with Crippen molar-refractivity contribution in [2.24, 2.45) is 0 Å². The maximum atomic E-state index is 9.86. The molecule has 0 unspecified atom stereocenters. The molecule has 0 spiro atoms. The Morgan fingerprint density at radius 2 is 1.90 bits per heavy atom. The van der Waals surface area contributed by atoms with Gasteiger partial charge in [-0.15, -0.1) is 0 Å². The lowest BCUT2D eigenvalue weighted by Gasteiger charge is -2.13. The number of benzene rings is 2. The van der Waals surface area contributed by atoms with E-state index in [1.54, 1.807) is 18.2 Å². The Balaban J connectivity index is 1.87. The van der Waals surface area contributed by atoms with Crippen molar-refractivity contribution in [1.29, 1.82) is 5.26 Å². The Kier molecular flexibility index (Phi) is 7.81. The number of rotatable bonds is 8. The second-order valence-corrected chi connectivity index (χ2v) is 8.87. The molecule has 1 aromatic heterocycles. The summed E-state index contributed by atoms with van der Waals surface area (Å²) < 4.78 is 7.80. The molecular formula is C22H21Cl2N3O2S. The first kappa shape index (κ1) is 22.7. The molecule has 156 valence electrons. The summed E-state index contributed by atoms with van der Waals surface area (Å²) >= 11 is 13.8. The lowest BCUT2D eigenvalue weighted by molar-refractivity contribution is 0.104. The zero-order valence-corrected chi connectivity index (χ0v) is 18.9. The van der Waals surface area contributed by atoms with E-state index in [1.165, 1.54) is 11.8 Å². The summed E-state index contributed by atoms with van der Waals surface area (Å²) in [6, 6.07) is 14.9. The molecule has 0 amide bonds. The maximum absolute atomic E-state index is 9.86. The maximum Gasteiger partial charge on any atom is 0.105 e. The molecule has 1 N–H and O–H groups in total. The Bertz CT molecular complexity index is 1060. The Labute approximate surface area is 190 Å². The number of halogens is 2. The SMILES string of the molecule is CC(C)n1nc(CO)c(COCc2cccc(C#N)c2)c1Sc1cc(Cl)cc(Cl)c1. The summed E-state index contributed by atoms with van der Waals surface area (Å²) in [6.07, 6.45) is 0. The fraction of sp³-hybridized carbons (Fsp3) is 0.273. The van der Waals surface area contributed by atoms with E-state index in [1.807, 2.05) is 42.8 Å². The van der Waals surface area contributed by atoms with Crippen molar-refractivity contribution in [1.82, 2.24) is 9.78 Å². The molecule has 5 nitrogen and oxygen atoms in total. The molecule has 8 heteroatoms. The van der Waals surface area contributed by atoms with Crippen LogP contribution < -0.4 is 0 Å². The van der Waals surface area contributed by atoms with Crippen LogP contribution in [-0.2, 0) is 24.6 Å². The van der Waals surface area contributed by atoms with Gasteiger partial charge in [0.25, 0.3) is 0 Å². The average Bonchev–Trinajstić information content (AvgIpc) is 3.05. The van der Waals surface area contributed by atoms with Crippen molar-refractivity contribution in [2.45, 2.75) is 49.6 Å². The summed E-state index contributed by atoms with van der Waals surface area (Å²) in [5, 5.41) is 25.5. The normalized spacial score (nSPS) is 11.1. The van der Waals surface area contributed by atoms with Crippen LogP contribution in [0, 0.1) is 11.3 Å². The number of nitrogens with zero attached hydrogens (tertiary/aromatic N) is 3.